The van der Waals surface area contributed by atoms with E-state index in [1.54, 1.807) is 12.3 Å². The lowest BCUT2D eigenvalue weighted by atomic mass is 10.1. The molecule has 4 aromatic rings. The summed E-state index contributed by atoms with van der Waals surface area (Å²) >= 11 is 0. The number of rotatable bonds is 6. The van der Waals surface area contributed by atoms with Crippen LogP contribution in [-0.2, 0) is 21.2 Å². The largest absolute Gasteiger partial charge is 0.465 e. The second-order valence-corrected chi connectivity index (χ2v) is 9.36. The number of carbonyl (C=O) groups excluding carboxylic acids is 1. The van der Waals surface area contributed by atoms with Crippen LogP contribution in [0, 0.1) is 0 Å². The van der Waals surface area contributed by atoms with Gasteiger partial charge in [0, 0.05) is 0 Å². The lowest BCUT2D eigenvalue weighted by molar-refractivity contribution is -0.0126. The average molecular weight is 416 g/mol. The summed E-state index contributed by atoms with van der Waals surface area (Å²) < 4.78 is 11.1. The number of furan rings is 1. The first-order chi connectivity index (χ1) is 14.5. The molecule has 0 atom stereocenters. The highest BCUT2D eigenvalue weighted by molar-refractivity contribution is 7.97. The molecule has 0 aliphatic rings. The Labute approximate surface area is 179 Å². The molecular weight excluding hydrogens is 392 g/mol. The standard InChI is InChI=1S/C26H23O3S/c1-26(2,24-14-9-19-28-24)29-25(27)20-15-17-23(18-16-20)30(21-10-5-3-6-11-21)22-12-7-4-8-13-22/h3-19H,1-2H3/q+1. The van der Waals surface area contributed by atoms with Gasteiger partial charge in [0.1, 0.15) is 5.76 Å². The molecule has 150 valence electrons. The number of hydrogen-bond donors (Lipinski definition) is 0. The molecular formula is C26H23O3S+. The first-order valence-electron chi connectivity index (χ1n) is 9.76. The van der Waals surface area contributed by atoms with Crippen LogP contribution in [0.3, 0.4) is 0 Å². The molecule has 0 saturated heterocycles. The number of benzene rings is 3. The zero-order valence-electron chi connectivity index (χ0n) is 16.9. The molecule has 1 aromatic heterocycles. The van der Waals surface area contributed by atoms with Crippen LogP contribution in [0.15, 0.2) is 122 Å². The van der Waals surface area contributed by atoms with Gasteiger partial charge in [0.2, 0.25) is 0 Å². The molecule has 0 aliphatic heterocycles. The number of hydrogen-bond acceptors (Lipinski definition) is 3. The van der Waals surface area contributed by atoms with Gasteiger partial charge in [-0.15, -0.1) is 0 Å². The van der Waals surface area contributed by atoms with Gasteiger partial charge in [-0.2, -0.15) is 0 Å². The second-order valence-electron chi connectivity index (χ2n) is 7.33. The predicted octanol–water partition coefficient (Wildman–Crippen LogP) is 6.47. The summed E-state index contributed by atoms with van der Waals surface area (Å²) in [6.07, 6.45) is 1.58. The molecule has 0 radical (unpaired) electrons. The van der Waals surface area contributed by atoms with Crippen molar-refractivity contribution in [1.29, 1.82) is 0 Å². The average Bonchev–Trinajstić information content (AvgIpc) is 3.32. The molecule has 0 spiro atoms. The van der Waals surface area contributed by atoms with Crippen molar-refractivity contribution < 1.29 is 13.9 Å². The Morgan fingerprint density at radius 2 is 1.27 bits per heavy atom. The fraction of sp³-hybridized carbons (Fsp3) is 0.115. The molecule has 3 aromatic carbocycles. The lowest BCUT2D eigenvalue weighted by Gasteiger charge is -2.22. The molecule has 30 heavy (non-hydrogen) atoms. The van der Waals surface area contributed by atoms with E-state index in [2.05, 4.69) is 48.5 Å². The second kappa shape index (κ2) is 8.64. The topological polar surface area (TPSA) is 39.4 Å². The number of carbonyl (C=O) groups is 1. The maximum atomic E-state index is 12.7. The Bertz CT molecular complexity index is 1050. The summed E-state index contributed by atoms with van der Waals surface area (Å²) in [5.74, 6) is 0.240. The number of ether oxygens (including phenoxy) is 1. The van der Waals surface area contributed by atoms with Crippen molar-refractivity contribution in [3.8, 4) is 0 Å². The maximum Gasteiger partial charge on any atom is 0.339 e. The van der Waals surface area contributed by atoms with Crippen molar-refractivity contribution in [3.63, 3.8) is 0 Å². The SMILES string of the molecule is CC(C)(OC(=O)c1ccc([S+](c2ccccc2)c2ccccc2)cc1)c1ccco1. The minimum atomic E-state index is -0.836. The third kappa shape index (κ3) is 4.34. The van der Waals surface area contributed by atoms with Crippen LogP contribution in [0.25, 0.3) is 0 Å². The van der Waals surface area contributed by atoms with Crippen LogP contribution in [0.2, 0.25) is 0 Å². The molecule has 4 rings (SSSR count). The van der Waals surface area contributed by atoms with Crippen molar-refractivity contribution in [2.24, 2.45) is 0 Å². The van der Waals surface area contributed by atoms with Gasteiger partial charge in [-0.3, -0.25) is 0 Å². The minimum Gasteiger partial charge on any atom is -0.465 e. The Morgan fingerprint density at radius 3 is 1.77 bits per heavy atom. The van der Waals surface area contributed by atoms with Gasteiger partial charge in [-0.25, -0.2) is 4.79 Å². The van der Waals surface area contributed by atoms with E-state index < -0.39 is 5.60 Å². The summed E-state index contributed by atoms with van der Waals surface area (Å²) in [5.41, 5.74) is -0.319. The highest BCUT2D eigenvalue weighted by Gasteiger charge is 2.31. The molecule has 1 heterocycles. The zero-order valence-corrected chi connectivity index (χ0v) is 17.8. The maximum absolute atomic E-state index is 12.7. The first kappa shape index (κ1) is 20.0. The first-order valence-corrected chi connectivity index (χ1v) is 11.0. The Balaban J connectivity index is 1.60. The Hall–Kier alpha value is -3.24. The minimum absolute atomic E-state index is 0.247. The summed E-state index contributed by atoms with van der Waals surface area (Å²) in [5, 5.41) is 0. The van der Waals surface area contributed by atoms with Gasteiger partial charge >= 0.3 is 5.97 Å². The summed E-state index contributed by atoms with van der Waals surface area (Å²) in [7, 11) is -0.247. The third-order valence-corrected chi connectivity index (χ3v) is 6.98. The van der Waals surface area contributed by atoms with Crippen molar-refractivity contribution in [2.75, 3.05) is 0 Å². The van der Waals surface area contributed by atoms with Crippen molar-refractivity contribution in [3.05, 3.63) is 115 Å². The summed E-state index contributed by atoms with van der Waals surface area (Å²) in [4.78, 5) is 16.3. The molecule has 0 bridgehead atoms. The van der Waals surface area contributed by atoms with Crippen LogP contribution in [0.4, 0.5) is 0 Å². The quantitative estimate of drug-likeness (QED) is 0.268. The van der Waals surface area contributed by atoms with E-state index in [-0.39, 0.29) is 16.9 Å². The number of esters is 1. The van der Waals surface area contributed by atoms with Crippen LogP contribution >= 0.6 is 0 Å². The zero-order chi connectivity index (χ0) is 21.0. The van der Waals surface area contributed by atoms with Crippen LogP contribution in [-0.4, -0.2) is 5.97 Å². The highest BCUT2D eigenvalue weighted by atomic mass is 32.2. The van der Waals surface area contributed by atoms with Gasteiger partial charge in [0.05, 0.1) is 22.7 Å². The van der Waals surface area contributed by atoms with Gasteiger partial charge < -0.3 is 9.15 Å². The molecule has 3 nitrogen and oxygen atoms in total. The molecule has 0 unspecified atom stereocenters. The monoisotopic (exact) mass is 415 g/mol. The molecule has 0 amide bonds. The Morgan fingerprint density at radius 1 is 0.733 bits per heavy atom. The highest BCUT2D eigenvalue weighted by Crippen LogP contribution is 2.32. The molecule has 0 saturated carbocycles. The lowest BCUT2D eigenvalue weighted by Crippen LogP contribution is -2.25. The smallest absolute Gasteiger partial charge is 0.339 e. The Kier molecular flexibility index (Phi) is 5.77. The van der Waals surface area contributed by atoms with Crippen molar-refractivity contribution in [2.45, 2.75) is 34.1 Å². The summed E-state index contributed by atoms with van der Waals surface area (Å²) in [6, 6.07) is 32.1. The van der Waals surface area contributed by atoms with E-state index in [0.717, 1.165) is 4.90 Å². The fourth-order valence-electron chi connectivity index (χ4n) is 3.21. The van der Waals surface area contributed by atoms with E-state index in [9.17, 15) is 4.79 Å². The molecule has 0 N–H and O–H groups in total. The van der Waals surface area contributed by atoms with Crippen molar-refractivity contribution >= 4 is 16.9 Å². The predicted molar refractivity (Wildman–Crippen MR) is 119 cm³/mol. The molecule has 0 fully saturated rings. The molecule has 0 aliphatic carbocycles. The van der Waals surface area contributed by atoms with Crippen molar-refractivity contribution in [1.82, 2.24) is 0 Å². The van der Waals surface area contributed by atoms with Gasteiger partial charge in [-0.1, -0.05) is 36.4 Å². The summed E-state index contributed by atoms with van der Waals surface area (Å²) in [6.45, 7) is 3.64. The van der Waals surface area contributed by atoms with Gasteiger partial charge in [0.15, 0.2) is 20.3 Å². The van der Waals surface area contributed by atoms with E-state index in [1.807, 2.05) is 56.3 Å². The third-order valence-electron chi connectivity index (χ3n) is 4.75. The van der Waals surface area contributed by atoms with E-state index in [1.165, 1.54) is 9.79 Å². The van der Waals surface area contributed by atoms with Crippen LogP contribution in [0.5, 0.6) is 0 Å². The molecule has 4 heteroatoms. The van der Waals surface area contributed by atoms with Gasteiger partial charge in [-0.05, 0) is 74.5 Å². The fourth-order valence-corrected chi connectivity index (χ4v) is 5.29. The van der Waals surface area contributed by atoms with E-state index in [4.69, 9.17) is 9.15 Å². The normalized spacial score (nSPS) is 11.4. The van der Waals surface area contributed by atoms with E-state index >= 15 is 0 Å². The van der Waals surface area contributed by atoms with Gasteiger partial charge in [0.25, 0.3) is 0 Å². The van der Waals surface area contributed by atoms with Crippen LogP contribution < -0.4 is 0 Å². The van der Waals surface area contributed by atoms with E-state index in [0.29, 0.717) is 11.3 Å². The van der Waals surface area contributed by atoms with Crippen LogP contribution in [0.1, 0.15) is 30.0 Å².